The van der Waals surface area contributed by atoms with Gasteiger partial charge in [0.2, 0.25) is 0 Å². The number of nitrogens with zero attached hydrogens (tertiary/aromatic N) is 1. The number of aryl methyl sites for hydroxylation is 2. The molecule has 0 aliphatic carbocycles. The Balaban J connectivity index is 3.10. The zero-order chi connectivity index (χ0) is 13.0. The zero-order valence-electron chi connectivity index (χ0n) is 10.4. The molecule has 0 saturated heterocycles. The Kier molecular flexibility index (Phi) is 4.20. The molecule has 17 heavy (non-hydrogen) atoms. The Morgan fingerprint density at radius 1 is 1.24 bits per heavy atom. The molecule has 0 amide bonds. The van der Waals surface area contributed by atoms with Crippen LogP contribution >= 0.6 is 0 Å². The van der Waals surface area contributed by atoms with Crippen LogP contribution in [0.5, 0.6) is 5.75 Å². The van der Waals surface area contributed by atoms with Gasteiger partial charge in [-0.1, -0.05) is 0 Å². The predicted octanol–water partition coefficient (Wildman–Crippen LogP) is 1.69. The maximum absolute atomic E-state index is 11.0. The third-order valence-corrected chi connectivity index (χ3v) is 2.20. The highest BCUT2D eigenvalue weighted by Gasteiger charge is 2.14. The lowest BCUT2D eigenvalue weighted by atomic mass is 10.1. The summed E-state index contributed by atoms with van der Waals surface area (Å²) in [6.45, 7) is 6.27. The van der Waals surface area contributed by atoms with E-state index in [1.807, 2.05) is 6.92 Å². The fourth-order valence-electron chi connectivity index (χ4n) is 1.36. The number of carbonyl (C=O) groups excluding carboxylic acids is 2. The van der Waals surface area contributed by atoms with Gasteiger partial charge in [0, 0.05) is 25.6 Å². The summed E-state index contributed by atoms with van der Waals surface area (Å²) in [4.78, 5) is 25.9. The fraction of sp³-hybridized carbons (Fsp3) is 0.417. The first-order chi connectivity index (χ1) is 7.91. The summed E-state index contributed by atoms with van der Waals surface area (Å²) in [5.74, 6) is -0.434. The van der Waals surface area contributed by atoms with E-state index in [4.69, 9.17) is 9.47 Å². The van der Waals surface area contributed by atoms with Gasteiger partial charge in [-0.15, -0.1) is 0 Å². The molecule has 1 heterocycles. The Bertz CT molecular complexity index is 454. The molecule has 5 nitrogen and oxygen atoms in total. The van der Waals surface area contributed by atoms with E-state index in [1.165, 1.54) is 13.8 Å². The Labute approximate surface area is 99.8 Å². The molecule has 0 bridgehead atoms. The highest BCUT2D eigenvalue weighted by Crippen LogP contribution is 2.25. The van der Waals surface area contributed by atoms with Crippen LogP contribution in [-0.4, -0.2) is 16.9 Å². The van der Waals surface area contributed by atoms with Crippen LogP contribution in [0.25, 0.3) is 0 Å². The van der Waals surface area contributed by atoms with Crippen molar-refractivity contribution < 1.29 is 19.1 Å². The monoisotopic (exact) mass is 237 g/mol. The SMILES string of the molecule is CC(=O)OCc1c(C)cnc(C)c1OC(C)=O. The molecule has 0 aliphatic heterocycles. The summed E-state index contributed by atoms with van der Waals surface area (Å²) in [5.41, 5.74) is 2.07. The van der Waals surface area contributed by atoms with Crippen LogP contribution in [0.3, 0.4) is 0 Å². The van der Waals surface area contributed by atoms with E-state index in [-0.39, 0.29) is 12.6 Å². The standard InChI is InChI=1S/C12H15NO4/c1-7-5-13-8(2)12(17-10(4)15)11(7)6-16-9(3)14/h5H,6H2,1-4H3. The van der Waals surface area contributed by atoms with Gasteiger partial charge in [-0.3, -0.25) is 14.6 Å². The molecule has 1 rings (SSSR count). The molecule has 1 aromatic heterocycles. The minimum atomic E-state index is -0.426. The van der Waals surface area contributed by atoms with E-state index in [0.29, 0.717) is 17.0 Å². The van der Waals surface area contributed by atoms with E-state index in [2.05, 4.69) is 4.98 Å². The van der Waals surface area contributed by atoms with Crippen LogP contribution in [0.4, 0.5) is 0 Å². The number of hydrogen-bond donors (Lipinski definition) is 0. The molecule has 0 saturated carbocycles. The number of carbonyl (C=O) groups is 2. The molecule has 0 atom stereocenters. The Morgan fingerprint density at radius 2 is 1.88 bits per heavy atom. The lowest BCUT2D eigenvalue weighted by molar-refractivity contribution is -0.142. The third-order valence-electron chi connectivity index (χ3n) is 2.20. The lowest BCUT2D eigenvalue weighted by Crippen LogP contribution is -2.10. The van der Waals surface area contributed by atoms with Crippen molar-refractivity contribution in [2.24, 2.45) is 0 Å². The first-order valence-corrected chi connectivity index (χ1v) is 5.18. The molecule has 5 heteroatoms. The summed E-state index contributed by atoms with van der Waals surface area (Å²) >= 11 is 0. The lowest BCUT2D eigenvalue weighted by Gasteiger charge is -2.13. The van der Waals surface area contributed by atoms with Crippen molar-refractivity contribution in [1.82, 2.24) is 4.98 Å². The largest absolute Gasteiger partial charge is 0.461 e. The van der Waals surface area contributed by atoms with Gasteiger partial charge in [-0.05, 0) is 19.4 Å². The molecule has 0 aromatic carbocycles. The van der Waals surface area contributed by atoms with Gasteiger partial charge in [-0.25, -0.2) is 0 Å². The Hall–Kier alpha value is -1.91. The van der Waals surface area contributed by atoms with Crippen LogP contribution < -0.4 is 4.74 Å². The van der Waals surface area contributed by atoms with Crippen LogP contribution in [0, 0.1) is 13.8 Å². The summed E-state index contributed by atoms with van der Waals surface area (Å²) in [6.07, 6.45) is 1.65. The number of ether oxygens (including phenoxy) is 2. The van der Waals surface area contributed by atoms with Gasteiger partial charge in [0.15, 0.2) is 5.75 Å². The van der Waals surface area contributed by atoms with E-state index in [0.717, 1.165) is 5.56 Å². The summed E-state index contributed by atoms with van der Waals surface area (Å²) in [5, 5.41) is 0. The van der Waals surface area contributed by atoms with Crippen LogP contribution in [0.15, 0.2) is 6.20 Å². The normalized spacial score (nSPS) is 9.88. The molecule has 0 N–H and O–H groups in total. The Morgan fingerprint density at radius 3 is 2.41 bits per heavy atom. The average molecular weight is 237 g/mol. The molecular weight excluding hydrogens is 222 g/mol. The second kappa shape index (κ2) is 5.43. The smallest absolute Gasteiger partial charge is 0.308 e. The average Bonchev–Trinajstić information content (AvgIpc) is 2.22. The van der Waals surface area contributed by atoms with E-state index >= 15 is 0 Å². The number of pyridine rings is 1. The van der Waals surface area contributed by atoms with Gasteiger partial charge < -0.3 is 9.47 Å². The van der Waals surface area contributed by atoms with Crippen molar-refractivity contribution in [3.63, 3.8) is 0 Å². The summed E-state index contributed by atoms with van der Waals surface area (Å²) in [7, 11) is 0. The minimum absolute atomic E-state index is 0.0765. The summed E-state index contributed by atoms with van der Waals surface area (Å²) < 4.78 is 10.0. The minimum Gasteiger partial charge on any atom is -0.461 e. The number of aromatic nitrogens is 1. The fourth-order valence-corrected chi connectivity index (χ4v) is 1.36. The molecule has 1 aromatic rings. The number of esters is 2. The van der Waals surface area contributed by atoms with Crippen molar-refractivity contribution in [2.45, 2.75) is 34.3 Å². The molecule has 0 aliphatic rings. The summed E-state index contributed by atoms with van der Waals surface area (Å²) in [6, 6.07) is 0. The van der Waals surface area contributed by atoms with Crippen LogP contribution in [0.1, 0.15) is 30.7 Å². The number of hydrogen-bond acceptors (Lipinski definition) is 5. The second-order valence-electron chi connectivity index (χ2n) is 3.71. The van der Waals surface area contributed by atoms with Gasteiger partial charge in [0.1, 0.15) is 6.61 Å². The highest BCUT2D eigenvalue weighted by molar-refractivity contribution is 5.70. The quantitative estimate of drug-likeness (QED) is 0.748. The maximum atomic E-state index is 11.0. The first-order valence-electron chi connectivity index (χ1n) is 5.18. The van der Waals surface area contributed by atoms with E-state index in [9.17, 15) is 9.59 Å². The van der Waals surface area contributed by atoms with E-state index < -0.39 is 5.97 Å². The molecule has 92 valence electrons. The van der Waals surface area contributed by atoms with Crippen LogP contribution in [0.2, 0.25) is 0 Å². The number of rotatable bonds is 3. The van der Waals surface area contributed by atoms with Crippen molar-refractivity contribution >= 4 is 11.9 Å². The highest BCUT2D eigenvalue weighted by atomic mass is 16.5. The van der Waals surface area contributed by atoms with Crippen molar-refractivity contribution in [3.05, 3.63) is 23.0 Å². The van der Waals surface area contributed by atoms with Gasteiger partial charge in [0.05, 0.1) is 5.69 Å². The third kappa shape index (κ3) is 3.55. The van der Waals surface area contributed by atoms with Gasteiger partial charge >= 0.3 is 11.9 Å². The maximum Gasteiger partial charge on any atom is 0.308 e. The molecule has 0 fully saturated rings. The van der Waals surface area contributed by atoms with Crippen molar-refractivity contribution in [2.75, 3.05) is 0 Å². The molecule has 0 spiro atoms. The predicted molar refractivity (Wildman–Crippen MR) is 60.5 cm³/mol. The topological polar surface area (TPSA) is 65.5 Å². The molecule has 0 unspecified atom stereocenters. The van der Waals surface area contributed by atoms with Gasteiger partial charge in [-0.2, -0.15) is 0 Å². The van der Waals surface area contributed by atoms with Crippen LogP contribution in [-0.2, 0) is 20.9 Å². The van der Waals surface area contributed by atoms with E-state index in [1.54, 1.807) is 13.1 Å². The first kappa shape index (κ1) is 13.2. The van der Waals surface area contributed by atoms with Gasteiger partial charge in [0.25, 0.3) is 0 Å². The zero-order valence-corrected chi connectivity index (χ0v) is 10.4. The molecule has 0 radical (unpaired) electrons. The molecular formula is C12H15NO4. The van der Waals surface area contributed by atoms with Crippen molar-refractivity contribution in [3.8, 4) is 5.75 Å². The van der Waals surface area contributed by atoms with Crippen molar-refractivity contribution in [1.29, 1.82) is 0 Å². The second-order valence-corrected chi connectivity index (χ2v) is 3.71.